The number of H-pyrrole nitrogens is 1. The SMILES string of the molecule is [C-]#[N+]C(=C1CCN(C(=O)C(=O)c2c[nH]c3c(Cl)ncc(C)c23)CC1)c1ccccc1. The number of carbonyl (C=O) groups excluding carboxylic acids is 2. The molecule has 0 aliphatic carbocycles. The van der Waals surface area contributed by atoms with Crippen molar-refractivity contribution in [1.82, 2.24) is 14.9 Å². The van der Waals surface area contributed by atoms with Gasteiger partial charge in [-0.1, -0.05) is 47.5 Å². The van der Waals surface area contributed by atoms with Crippen molar-refractivity contribution in [3.8, 4) is 0 Å². The predicted molar refractivity (Wildman–Crippen MR) is 116 cm³/mol. The largest absolute Gasteiger partial charge is 0.358 e. The first-order valence-electron chi connectivity index (χ1n) is 9.62. The summed E-state index contributed by atoms with van der Waals surface area (Å²) < 4.78 is 0. The normalized spacial score (nSPS) is 13.9. The third kappa shape index (κ3) is 3.49. The molecule has 1 saturated heterocycles. The smallest absolute Gasteiger partial charge is 0.295 e. The summed E-state index contributed by atoms with van der Waals surface area (Å²) in [6, 6.07) is 9.56. The molecule has 0 radical (unpaired) electrons. The summed E-state index contributed by atoms with van der Waals surface area (Å²) in [5, 5.41) is 0.896. The number of pyridine rings is 1. The van der Waals surface area contributed by atoms with E-state index in [0.29, 0.717) is 48.1 Å². The van der Waals surface area contributed by atoms with Crippen LogP contribution >= 0.6 is 11.6 Å². The molecule has 3 heterocycles. The molecule has 0 unspecified atom stereocenters. The molecule has 7 heteroatoms. The van der Waals surface area contributed by atoms with Crippen molar-refractivity contribution < 1.29 is 9.59 Å². The summed E-state index contributed by atoms with van der Waals surface area (Å²) in [5.41, 5.74) is 4.20. The molecule has 1 amide bonds. The number of rotatable bonds is 3. The van der Waals surface area contributed by atoms with Crippen LogP contribution in [-0.2, 0) is 4.79 Å². The van der Waals surface area contributed by atoms with Gasteiger partial charge in [-0.15, -0.1) is 0 Å². The number of aromatic nitrogens is 2. The fourth-order valence-electron chi connectivity index (χ4n) is 3.88. The number of aryl methyl sites for hydroxylation is 1. The Hall–Kier alpha value is -3.43. The minimum atomic E-state index is -0.562. The van der Waals surface area contributed by atoms with Gasteiger partial charge in [0.2, 0.25) is 0 Å². The van der Waals surface area contributed by atoms with Crippen molar-refractivity contribution in [1.29, 1.82) is 0 Å². The second-order valence-corrected chi connectivity index (χ2v) is 7.59. The van der Waals surface area contributed by atoms with Crippen LogP contribution in [0.1, 0.15) is 34.3 Å². The van der Waals surface area contributed by atoms with Gasteiger partial charge in [0, 0.05) is 30.9 Å². The molecule has 0 spiro atoms. The zero-order chi connectivity index (χ0) is 21.3. The molecule has 3 aromatic rings. The van der Waals surface area contributed by atoms with Crippen LogP contribution in [0.5, 0.6) is 0 Å². The van der Waals surface area contributed by atoms with Gasteiger partial charge in [0.15, 0.2) is 10.9 Å². The third-order valence-electron chi connectivity index (χ3n) is 5.44. The summed E-state index contributed by atoms with van der Waals surface area (Å²) in [7, 11) is 0. The quantitative estimate of drug-likeness (QED) is 0.291. The van der Waals surface area contributed by atoms with Gasteiger partial charge in [0.1, 0.15) is 0 Å². The second-order valence-electron chi connectivity index (χ2n) is 7.24. The molecule has 1 fully saturated rings. The van der Waals surface area contributed by atoms with Crippen LogP contribution < -0.4 is 0 Å². The maximum Gasteiger partial charge on any atom is 0.295 e. The van der Waals surface area contributed by atoms with Crippen molar-refractivity contribution in [2.45, 2.75) is 19.8 Å². The molecule has 0 bridgehead atoms. The number of likely N-dealkylation sites (tertiary alicyclic amines) is 1. The Balaban J connectivity index is 1.54. The number of hydrogen-bond donors (Lipinski definition) is 1. The number of halogens is 1. The highest BCUT2D eigenvalue weighted by Gasteiger charge is 2.29. The molecule has 6 nitrogen and oxygen atoms in total. The van der Waals surface area contributed by atoms with E-state index in [4.69, 9.17) is 18.2 Å². The summed E-state index contributed by atoms with van der Waals surface area (Å²) in [4.78, 5) is 38.1. The summed E-state index contributed by atoms with van der Waals surface area (Å²) in [6.07, 6.45) is 4.27. The first kappa shape index (κ1) is 19.9. The number of aromatic amines is 1. The third-order valence-corrected chi connectivity index (χ3v) is 5.73. The Morgan fingerprint density at radius 1 is 1.20 bits per heavy atom. The van der Waals surface area contributed by atoms with E-state index in [1.807, 2.05) is 37.3 Å². The fraction of sp³-hybridized carbons (Fsp3) is 0.217. The monoisotopic (exact) mass is 418 g/mol. The number of nitrogens with one attached hydrogen (secondary N) is 1. The number of nitrogens with zero attached hydrogens (tertiary/aromatic N) is 3. The van der Waals surface area contributed by atoms with Crippen LogP contribution in [0.25, 0.3) is 21.4 Å². The lowest BCUT2D eigenvalue weighted by Crippen LogP contribution is -2.40. The standard InChI is InChI=1S/C23H19ClN4O2/c1-14-12-27-22(24)20-18(14)17(13-26-20)21(29)23(30)28-10-8-16(9-11-28)19(25-2)15-6-4-3-5-7-15/h3-7,12-13,26H,8-11H2,1H3. The van der Waals surface area contributed by atoms with Gasteiger partial charge in [0.25, 0.3) is 11.7 Å². The minimum Gasteiger partial charge on any atom is -0.358 e. The van der Waals surface area contributed by atoms with Crippen molar-refractivity contribution in [3.05, 3.63) is 81.6 Å². The molecule has 1 N–H and O–H groups in total. The van der Waals surface area contributed by atoms with Gasteiger partial charge < -0.3 is 9.88 Å². The van der Waals surface area contributed by atoms with E-state index < -0.39 is 11.7 Å². The van der Waals surface area contributed by atoms with Crippen LogP contribution in [0.3, 0.4) is 0 Å². The van der Waals surface area contributed by atoms with E-state index >= 15 is 0 Å². The maximum atomic E-state index is 12.9. The molecular formula is C23H19ClN4O2. The second kappa shape index (κ2) is 8.13. The summed E-state index contributed by atoms with van der Waals surface area (Å²) in [5.74, 6) is -1.10. The fourth-order valence-corrected chi connectivity index (χ4v) is 4.07. The van der Waals surface area contributed by atoms with Crippen LogP contribution in [0.2, 0.25) is 5.15 Å². The highest BCUT2D eigenvalue weighted by molar-refractivity contribution is 6.45. The molecule has 2 aromatic heterocycles. The maximum absolute atomic E-state index is 12.9. The van der Waals surface area contributed by atoms with Gasteiger partial charge in [-0.2, -0.15) is 0 Å². The first-order chi connectivity index (χ1) is 14.5. The topological polar surface area (TPSA) is 70.4 Å². The average molecular weight is 419 g/mol. The molecular weight excluding hydrogens is 400 g/mol. The van der Waals surface area contributed by atoms with Gasteiger partial charge in [-0.05, 0) is 30.9 Å². The number of fused-ring (bicyclic) bond motifs is 1. The van der Waals surface area contributed by atoms with E-state index in [9.17, 15) is 9.59 Å². The Morgan fingerprint density at radius 2 is 1.90 bits per heavy atom. The van der Waals surface area contributed by atoms with Crippen molar-refractivity contribution in [2.24, 2.45) is 0 Å². The number of hydrogen-bond acceptors (Lipinski definition) is 3. The molecule has 0 atom stereocenters. The highest BCUT2D eigenvalue weighted by atomic mass is 35.5. The number of ketones is 1. The number of amides is 1. The predicted octanol–water partition coefficient (Wildman–Crippen LogP) is 4.66. The van der Waals surface area contributed by atoms with Crippen molar-refractivity contribution >= 4 is 39.9 Å². The van der Waals surface area contributed by atoms with E-state index in [-0.39, 0.29) is 5.15 Å². The lowest BCUT2D eigenvalue weighted by Gasteiger charge is -2.28. The van der Waals surface area contributed by atoms with Crippen LogP contribution in [0.15, 0.2) is 48.3 Å². The lowest BCUT2D eigenvalue weighted by atomic mass is 9.97. The number of Topliss-reactive ketones (excluding diaryl/α,β-unsaturated/α-hetero) is 1. The van der Waals surface area contributed by atoms with E-state index in [1.165, 1.54) is 6.20 Å². The molecule has 150 valence electrons. The number of benzene rings is 1. The molecule has 1 aromatic carbocycles. The zero-order valence-electron chi connectivity index (χ0n) is 16.4. The summed E-state index contributed by atoms with van der Waals surface area (Å²) in [6.45, 7) is 10.2. The van der Waals surface area contributed by atoms with Crippen LogP contribution in [-0.4, -0.2) is 39.6 Å². The Morgan fingerprint density at radius 3 is 2.57 bits per heavy atom. The molecule has 30 heavy (non-hydrogen) atoms. The lowest BCUT2D eigenvalue weighted by molar-refractivity contribution is -0.126. The van der Waals surface area contributed by atoms with Gasteiger partial charge >= 0.3 is 0 Å². The zero-order valence-corrected chi connectivity index (χ0v) is 17.2. The van der Waals surface area contributed by atoms with E-state index in [1.54, 1.807) is 11.1 Å². The van der Waals surface area contributed by atoms with Gasteiger partial charge in [0.05, 0.1) is 17.7 Å². The highest BCUT2D eigenvalue weighted by Crippen LogP contribution is 2.30. The van der Waals surface area contributed by atoms with Crippen molar-refractivity contribution in [2.75, 3.05) is 13.1 Å². The van der Waals surface area contributed by atoms with Crippen molar-refractivity contribution in [3.63, 3.8) is 0 Å². The minimum absolute atomic E-state index is 0.266. The van der Waals surface area contributed by atoms with Crippen LogP contribution in [0.4, 0.5) is 0 Å². The Labute approximate surface area is 179 Å². The van der Waals surface area contributed by atoms with Gasteiger partial charge in [-0.3, -0.25) is 9.59 Å². The number of piperidine rings is 1. The van der Waals surface area contributed by atoms with E-state index in [0.717, 1.165) is 16.7 Å². The summed E-state index contributed by atoms with van der Waals surface area (Å²) >= 11 is 6.11. The first-order valence-corrected chi connectivity index (χ1v) is 9.99. The average Bonchev–Trinajstić information content (AvgIpc) is 3.24. The molecule has 4 rings (SSSR count). The molecule has 1 aliphatic rings. The van der Waals surface area contributed by atoms with E-state index in [2.05, 4.69) is 14.8 Å². The molecule has 0 saturated carbocycles. The molecule has 1 aliphatic heterocycles. The Kier molecular flexibility index (Phi) is 5.39. The Bertz CT molecular complexity index is 1210. The van der Waals surface area contributed by atoms with Gasteiger partial charge in [-0.25, -0.2) is 9.83 Å². The van der Waals surface area contributed by atoms with Crippen LogP contribution in [0, 0.1) is 13.5 Å². The number of carbonyl (C=O) groups is 2.